The molecule has 0 aliphatic rings. The zero-order chi connectivity index (χ0) is 24.8. The second kappa shape index (κ2) is 15.5. The van der Waals surface area contributed by atoms with Crippen molar-refractivity contribution in [2.75, 3.05) is 6.61 Å². The normalized spacial score (nSPS) is 11.1. The fourth-order valence-electron chi connectivity index (χ4n) is 4.18. The fraction of sp³-hybridized carbons (Fsp3) is 0.552. The van der Waals surface area contributed by atoms with E-state index in [1.54, 1.807) is 12.1 Å². The van der Waals surface area contributed by atoms with Crippen LogP contribution < -0.4 is 4.74 Å². The number of ether oxygens (including phenoxy) is 1. The minimum atomic E-state index is -1.16. The number of halogens is 2. The van der Waals surface area contributed by atoms with E-state index in [4.69, 9.17) is 4.74 Å². The highest BCUT2D eigenvalue weighted by Crippen LogP contribution is 2.33. The predicted octanol–water partition coefficient (Wildman–Crippen LogP) is 8.97. The maximum Gasteiger partial charge on any atom is 0.336 e. The zero-order valence-electron chi connectivity index (χ0n) is 20.8. The number of hydrogen-bond acceptors (Lipinski definition) is 2. The Morgan fingerprint density at radius 1 is 0.765 bits per heavy atom. The van der Waals surface area contributed by atoms with Gasteiger partial charge in [0.1, 0.15) is 0 Å². The topological polar surface area (TPSA) is 46.5 Å². The first-order chi connectivity index (χ1) is 16.5. The minimum Gasteiger partial charge on any atom is -0.490 e. The van der Waals surface area contributed by atoms with Crippen LogP contribution in [0.3, 0.4) is 0 Å². The number of aryl methyl sites for hydroxylation is 1. The molecular formula is C29H40F2O3. The van der Waals surface area contributed by atoms with Crippen LogP contribution >= 0.6 is 0 Å². The standard InChI is InChI=1S/C29H40F2O3/c1-3-5-7-9-10-11-13-15-22-16-17-24(29(32)33)25(21-22)23-18-19-26(28(31)27(23)30)34-20-14-12-8-6-4-2/h16-19,21H,3-15,20H2,1-2H3,(H,32,33). The van der Waals surface area contributed by atoms with E-state index in [0.29, 0.717) is 6.61 Å². The van der Waals surface area contributed by atoms with Crippen LogP contribution in [-0.4, -0.2) is 17.7 Å². The van der Waals surface area contributed by atoms with Crippen LogP contribution in [0.15, 0.2) is 30.3 Å². The summed E-state index contributed by atoms with van der Waals surface area (Å²) in [6, 6.07) is 7.77. The Morgan fingerprint density at radius 2 is 1.38 bits per heavy atom. The van der Waals surface area contributed by atoms with Crippen LogP contribution in [0, 0.1) is 11.6 Å². The first-order valence-electron chi connectivity index (χ1n) is 13.0. The van der Waals surface area contributed by atoms with Crippen molar-refractivity contribution < 1.29 is 23.4 Å². The predicted molar refractivity (Wildman–Crippen MR) is 135 cm³/mol. The molecule has 2 aromatic rings. The lowest BCUT2D eigenvalue weighted by Gasteiger charge is -2.13. The van der Waals surface area contributed by atoms with Crippen molar-refractivity contribution in [2.24, 2.45) is 0 Å². The highest BCUT2D eigenvalue weighted by molar-refractivity contribution is 5.96. The van der Waals surface area contributed by atoms with E-state index in [1.165, 1.54) is 50.3 Å². The third kappa shape index (κ3) is 8.73. The summed E-state index contributed by atoms with van der Waals surface area (Å²) in [6.07, 6.45) is 14.2. The van der Waals surface area contributed by atoms with Gasteiger partial charge in [-0.05, 0) is 48.6 Å². The van der Waals surface area contributed by atoms with Crippen molar-refractivity contribution in [2.45, 2.75) is 97.3 Å². The van der Waals surface area contributed by atoms with Gasteiger partial charge in [-0.25, -0.2) is 9.18 Å². The molecule has 2 aromatic carbocycles. The van der Waals surface area contributed by atoms with Gasteiger partial charge in [-0.1, -0.05) is 90.2 Å². The second-order valence-electron chi connectivity index (χ2n) is 9.06. The number of carboxylic acid groups (broad SMARTS) is 1. The van der Waals surface area contributed by atoms with E-state index in [-0.39, 0.29) is 22.4 Å². The molecule has 0 radical (unpaired) electrons. The minimum absolute atomic E-state index is 0.0359. The fourth-order valence-corrected chi connectivity index (χ4v) is 4.18. The lowest BCUT2D eigenvalue weighted by atomic mass is 9.94. The molecule has 0 saturated carbocycles. The van der Waals surface area contributed by atoms with Gasteiger partial charge in [-0.2, -0.15) is 4.39 Å². The summed E-state index contributed by atoms with van der Waals surface area (Å²) < 4.78 is 35.2. The van der Waals surface area contributed by atoms with Gasteiger partial charge in [0, 0.05) is 5.56 Å². The molecule has 0 unspecified atom stereocenters. The molecule has 0 spiro atoms. The van der Waals surface area contributed by atoms with Crippen LogP contribution in [0.5, 0.6) is 5.75 Å². The molecule has 34 heavy (non-hydrogen) atoms. The average molecular weight is 475 g/mol. The Bertz CT molecular complexity index is 895. The summed E-state index contributed by atoms with van der Waals surface area (Å²) in [7, 11) is 0. The molecule has 1 N–H and O–H groups in total. The van der Waals surface area contributed by atoms with Crippen LogP contribution in [-0.2, 0) is 6.42 Å². The smallest absolute Gasteiger partial charge is 0.336 e. The molecule has 0 heterocycles. The van der Waals surface area contributed by atoms with E-state index in [0.717, 1.165) is 56.9 Å². The van der Waals surface area contributed by atoms with Gasteiger partial charge in [0.2, 0.25) is 5.82 Å². The SMILES string of the molecule is CCCCCCCCCc1ccc(C(=O)O)c(-c2ccc(OCCCCCCC)c(F)c2F)c1. The summed E-state index contributed by atoms with van der Waals surface area (Å²) >= 11 is 0. The van der Waals surface area contributed by atoms with E-state index in [1.807, 2.05) is 0 Å². The highest BCUT2D eigenvalue weighted by Gasteiger charge is 2.20. The van der Waals surface area contributed by atoms with Gasteiger partial charge in [0.05, 0.1) is 12.2 Å². The number of unbranched alkanes of at least 4 members (excludes halogenated alkanes) is 10. The Hall–Kier alpha value is -2.43. The molecular weight excluding hydrogens is 434 g/mol. The largest absolute Gasteiger partial charge is 0.490 e. The third-order valence-electron chi connectivity index (χ3n) is 6.23. The molecule has 0 atom stereocenters. The van der Waals surface area contributed by atoms with E-state index in [2.05, 4.69) is 13.8 Å². The number of rotatable bonds is 17. The maximum absolute atomic E-state index is 15.0. The Balaban J connectivity index is 2.09. The molecule has 2 rings (SSSR count). The van der Waals surface area contributed by atoms with Crippen molar-refractivity contribution in [3.8, 4) is 16.9 Å². The molecule has 3 nitrogen and oxygen atoms in total. The monoisotopic (exact) mass is 474 g/mol. The maximum atomic E-state index is 15.0. The quantitative estimate of drug-likeness (QED) is 0.233. The first-order valence-corrected chi connectivity index (χ1v) is 13.0. The molecule has 5 heteroatoms. The van der Waals surface area contributed by atoms with E-state index < -0.39 is 17.6 Å². The van der Waals surface area contributed by atoms with Crippen LogP contribution in [0.25, 0.3) is 11.1 Å². The van der Waals surface area contributed by atoms with Crippen LogP contribution in [0.1, 0.15) is 107 Å². The molecule has 0 aliphatic carbocycles. The molecule has 0 aromatic heterocycles. The summed E-state index contributed by atoms with van der Waals surface area (Å²) in [4.78, 5) is 11.8. The van der Waals surface area contributed by atoms with Crippen molar-refractivity contribution in [3.63, 3.8) is 0 Å². The van der Waals surface area contributed by atoms with Gasteiger partial charge in [-0.3, -0.25) is 0 Å². The van der Waals surface area contributed by atoms with E-state index >= 15 is 4.39 Å². The van der Waals surface area contributed by atoms with Gasteiger partial charge in [0.25, 0.3) is 0 Å². The average Bonchev–Trinajstić information content (AvgIpc) is 2.83. The highest BCUT2D eigenvalue weighted by atomic mass is 19.2. The number of aromatic carboxylic acids is 1. The van der Waals surface area contributed by atoms with Gasteiger partial charge in [0.15, 0.2) is 11.6 Å². The van der Waals surface area contributed by atoms with Gasteiger partial charge >= 0.3 is 5.97 Å². The van der Waals surface area contributed by atoms with E-state index in [9.17, 15) is 14.3 Å². The second-order valence-corrected chi connectivity index (χ2v) is 9.06. The van der Waals surface area contributed by atoms with Crippen LogP contribution in [0.2, 0.25) is 0 Å². The molecule has 0 amide bonds. The summed E-state index contributed by atoms with van der Waals surface area (Å²) in [5, 5.41) is 9.61. The lowest BCUT2D eigenvalue weighted by Crippen LogP contribution is -2.05. The molecule has 0 aliphatic heterocycles. The molecule has 188 valence electrons. The molecule has 0 bridgehead atoms. The number of hydrogen-bond donors (Lipinski definition) is 1. The zero-order valence-corrected chi connectivity index (χ0v) is 20.8. The van der Waals surface area contributed by atoms with Crippen molar-refractivity contribution in [1.82, 2.24) is 0 Å². The van der Waals surface area contributed by atoms with Crippen molar-refractivity contribution in [1.29, 1.82) is 0 Å². The van der Waals surface area contributed by atoms with Crippen LogP contribution in [0.4, 0.5) is 8.78 Å². The summed E-state index contributed by atoms with van der Waals surface area (Å²) in [5.41, 5.74) is 1.05. The Morgan fingerprint density at radius 3 is 2.03 bits per heavy atom. The summed E-state index contributed by atoms with van der Waals surface area (Å²) in [5.74, 6) is -3.43. The third-order valence-corrected chi connectivity index (χ3v) is 6.23. The van der Waals surface area contributed by atoms with Crippen molar-refractivity contribution >= 4 is 5.97 Å². The number of benzene rings is 2. The molecule has 0 fully saturated rings. The van der Waals surface area contributed by atoms with Crippen molar-refractivity contribution in [3.05, 3.63) is 53.1 Å². The lowest BCUT2D eigenvalue weighted by molar-refractivity contribution is 0.0697. The Kier molecular flexibility index (Phi) is 12.7. The number of carbonyl (C=O) groups is 1. The van der Waals surface area contributed by atoms with Gasteiger partial charge in [-0.15, -0.1) is 0 Å². The Labute approximate surface area is 203 Å². The first kappa shape index (κ1) is 27.8. The number of carboxylic acids is 1. The summed E-state index contributed by atoms with van der Waals surface area (Å²) in [6.45, 7) is 4.66. The van der Waals surface area contributed by atoms with Gasteiger partial charge < -0.3 is 9.84 Å². The molecule has 0 saturated heterocycles.